The first-order valence-corrected chi connectivity index (χ1v) is 7.10. The highest BCUT2D eigenvalue weighted by Crippen LogP contribution is 2.29. The van der Waals surface area contributed by atoms with Gasteiger partial charge in [0.05, 0.1) is 18.0 Å². The van der Waals surface area contributed by atoms with Crippen molar-refractivity contribution in [3.05, 3.63) is 54.4 Å². The zero-order chi connectivity index (χ0) is 16.1. The number of tetrazole rings is 1. The number of hydrogen-bond acceptors (Lipinski definition) is 6. The number of phenols is 1. The lowest BCUT2D eigenvalue weighted by Gasteiger charge is -2.07. The van der Waals surface area contributed by atoms with E-state index in [9.17, 15) is 5.11 Å². The molecule has 1 N–H and O–H groups in total. The summed E-state index contributed by atoms with van der Waals surface area (Å²) in [6.45, 7) is 2.35. The molecule has 3 rings (SSSR count). The van der Waals surface area contributed by atoms with E-state index in [0.717, 1.165) is 11.4 Å². The Bertz CT molecular complexity index is 815. The molecule has 0 radical (unpaired) electrons. The number of aromatic hydroxyl groups is 1. The topological polar surface area (TPSA) is 85.4 Å². The number of benzene rings is 2. The summed E-state index contributed by atoms with van der Waals surface area (Å²) in [7, 11) is 0. The van der Waals surface area contributed by atoms with Crippen molar-refractivity contribution in [1.29, 1.82) is 0 Å². The largest absolute Gasteiger partial charge is 0.504 e. The van der Waals surface area contributed by atoms with E-state index in [2.05, 4.69) is 20.5 Å². The Morgan fingerprint density at radius 3 is 2.91 bits per heavy atom. The van der Waals surface area contributed by atoms with Crippen LogP contribution in [0.25, 0.3) is 5.69 Å². The molecular formula is C16H15N5O2. The zero-order valence-corrected chi connectivity index (χ0v) is 12.5. The van der Waals surface area contributed by atoms with Crippen molar-refractivity contribution < 1.29 is 9.84 Å². The summed E-state index contributed by atoms with van der Waals surface area (Å²) in [4.78, 5) is 4.39. The second-order valence-electron chi connectivity index (χ2n) is 4.66. The van der Waals surface area contributed by atoms with Gasteiger partial charge in [-0.2, -0.15) is 0 Å². The van der Waals surface area contributed by atoms with Gasteiger partial charge < -0.3 is 9.84 Å². The van der Waals surface area contributed by atoms with Crippen molar-refractivity contribution in [3.63, 3.8) is 0 Å². The fourth-order valence-electron chi connectivity index (χ4n) is 2.05. The van der Waals surface area contributed by atoms with Gasteiger partial charge in [0.1, 0.15) is 6.33 Å². The van der Waals surface area contributed by atoms with Crippen molar-refractivity contribution in [2.75, 3.05) is 6.61 Å². The van der Waals surface area contributed by atoms with Gasteiger partial charge in [-0.15, -0.1) is 5.10 Å². The predicted octanol–water partition coefficient (Wildman–Crippen LogP) is 2.52. The van der Waals surface area contributed by atoms with E-state index >= 15 is 0 Å². The molecule has 0 atom stereocenters. The van der Waals surface area contributed by atoms with Crippen molar-refractivity contribution in [2.24, 2.45) is 4.99 Å². The summed E-state index contributed by atoms with van der Waals surface area (Å²) < 4.78 is 6.91. The van der Waals surface area contributed by atoms with Gasteiger partial charge >= 0.3 is 0 Å². The monoisotopic (exact) mass is 309 g/mol. The average molecular weight is 309 g/mol. The summed E-state index contributed by atoms with van der Waals surface area (Å²) in [5.74, 6) is 0.522. The molecule has 0 aliphatic carbocycles. The van der Waals surface area contributed by atoms with Gasteiger partial charge in [-0.25, -0.2) is 4.68 Å². The lowest BCUT2D eigenvalue weighted by Crippen LogP contribution is -1.94. The molecule has 1 aromatic heterocycles. The number of phenolic OH excluding ortho intramolecular Hbond substituents is 1. The van der Waals surface area contributed by atoms with Crippen molar-refractivity contribution in [1.82, 2.24) is 20.2 Å². The lowest BCUT2D eigenvalue weighted by molar-refractivity contribution is 0.318. The number of aliphatic imine (C=N–C) groups is 1. The summed E-state index contributed by atoms with van der Waals surface area (Å²) >= 11 is 0. The highest BCUT2D eigenvalue weighted by molar-refractivity contribution is 5.86. The Morgan fingerprint density at radius 1 is 1.26 bits per heavy atom. The maximum atomic E-state index is 10.2. The highest BCUT2D eigenvalue weighted by Gasteiger charge is 2.06. The molecule has 23 heavy (non-hydrogen) atoms. The first-order valence-electron chi connectivity index (χ1n) is 7.10. The Labute approximate surface area is 132 Å². The lowest BCUT2D eigenvalue weighted by atomic mass is 10.2. The molecule has 0 amide bonds. The van der Waals surface area contributed by atoms with E-state index in [1.165, 1.54) is 6.33 Å². The van der Waals surface area contributed by atoms with Crippen LogP contribution in [0, 0.1) is 0 Å². The number of hydrogen-bond donors (Lipinski definition) is 1. The van der Waals surface area contributed by atoms with Gasteiger partial charge in [0.25, 0.3) is 0 Å². The van der Waals surface area contributed by atoms with Crippen LogP contribution in [0.2, 0.25) is 0 Å². The van der Waals surface area contributed by atoms with E-state index < -0.39 is 0 Å². The Kier molecular flexibility index (Phi) is 4.28. The van der Waals surface area contributed by atoms with E-state index in [1.807, 2.05) is 37.3 Å². The number of para-hydroxylation sites is 1. The first-order chi connectivity index (χ1) is 11.3. The minimum Gasteiger partial charge on any atom is -0.504 e. The van der Waals surface area contributed by atoms with Crippen LogP contribution in [0.5, 0.6) is 11.5 Å². The molecule has 0 spiro atoms. The number of aromatic nitrogens is 4. The van der Waals surface area contributed by atoms with Gasteiger partial charge in [-0.05, 0) is 47.7 Å². The SMILES string of the molecule is CCOc1cccc(C=Nc2cccc(-n3cnnn3)c2)c1O. The van der Waals surface area contributed by atoms with Crippen LogP contribution in [0.15, 0.2) is 53.8 Å². The van der Waals surface area contributed by atoms with Crippen LogP contribution < -0.4 is 4.74 Å². The normalized spacial score (nSPS) is 11.0. The molecule has 7 heteroatoms. The van der Waals surface area contributed by atoms with Crippen LogP contribution in [0.1, 0.15) is 12.5 Å². The predicted molar refractivity (Wildman–Crippen MR) is 85.7 cm³/mol. The van der Waals surface area contributed by atoms with E-state index in [-0.39, 0.29) is 5.75 Å². The number of nitrogens with zero attached hydrogens (tertiary/aromatic N) is 5. The smallest absolute Gasteiger partial charge is 0.166 e. The minimum absolute atomic E-state index is 0.0785. The first kappa shape index (κ1) is 14.7. The van der Waals surface area contributed by atoms with Crippen molar-refractivity contribution in [3.8, 4) is 17.2 Å². The molecule has 0 aliphatic rings. The standard InChI is InChI=1S/C16H15N5O2/c1-2-23-15-8-3-5-12(16(15)22)10-17-13-6-4-7-14(9-13)21-11-18-19-20-21/h3-11,22H,2H2,1H3. The second-order valence-corrected chi connectivity index (χ2v) is 4.66. The molecule has 116 valence electrons. The molecule has 0 bridgehead atoms. The van der Waals surface area contributed by atoms with Crippen LogP contribution in [0.4, 0.5) is 5.69 Å². The number of rotatable bonds is 5. The third kappa shape index (κ3) is 3.34. The maximum Gasteiger partial charge on any atom is 0.166 e. The fourth-order valence-corrected chi connectivity index (χ4v) is 2.05. The quantitative estimate of drug-likeness (QED) is 0.732. The minimum atomic E-state index is 0.0785. The molecule has 0 saturated carbocycles. The van der Waals surface area contributed by atoms with Gasteiger partial charge in [0.2, 0.25) is 0 Å². The van der Waals surface area contributed by atoms with E-state index in [1.54, 1.807) is 23.0 Å². The fraction of sp³-hybridized carbons (Fsp3) is 0.125. The Balaban J connectivity index is 1.86. The van der Waals surface area contributed by atoms with Crippen LogP contribution in [-0.2, 0) is 0 Å². The van der Waals surface area contributed by atoms with Crippen molar-refractivity contribution in [2.45, 2.75) is 6.92 Å². The van der Waals surface area contributed by atoms with Crippen LogP contribution in [-0.4, -0.2) is 38.1 Å². The third-order valence-electron chi connectivity index (χ3n) is 3.13. The molecule has 3 aromatic rings. The highest BCUT2D eigenvalue weighted by atomic mass is 16.5. The maximum absolute atomic E-state index is 10.2. The van der Waals surface area contributed by atoms with E-state index in [4.69, 9.17) is 4.74 Å². The molecular weight excluding hydrogens is 294 g/mol. The summed E-state index contributed by atoms with van der Waals surface area (Å²) in [6, 6.07) is 12.7. The Hall–Kier alpha value is -3.22. The summed E-state index contributed by atoms with van der Waals surface area (Å²) in [5.41, 5.74) is 2.11. The molecule has 0 saturated heterocycles. The van der Waals surface area contributed by atoms with Gasteiger partial charge in [-0.3, -0.25) is 4.99 Å². The van der Waals surface area contributed by atoms with E-state index in [0.29, 0.717) is 17.9 Å². The second kappa shape index (κ2) is 6.69. The zero-order valence-electron chi connectivity index (χ0n) is 12.5. The number of ether oxygens (including phenoxy) is 1. The Morgan fingerprint density at radius 2 is 2.13 bits per heavy atom. The van der Waals surface area contributed by atoms with Crippen LogP contribution in [0.3, 0.4) is 0 Å². The molecule has 1 heterocycles. The van der Waals surface area contributed by atoms with Crippen molar-refractivity contribution >= 4 is 11.9 Å². The molecule has 2 aromatic carbocycles. The molecule has 0 unspecified atom stereocenters. The van der Waals surface area contributed by atoms with Gasteiger partial charge in [-0.1, -0.05) is 12.1 Å². The van der Waals surface area contributed by atoms with Crippen LogP contribution >= 0.6 is 0 Å². The summed E-state index contributed by atoms with van der Waals surface area (Å²) in [5, 5.41) is 21.2. The summed E-state index contributed by atoms with van der Waals surface area (Å²) in [6.07, 6.45) is 3.11. The molecule has 7 nitrogen and oxygen atoms in total. The molecule has 0 aliphatic heterocycles. The van der Waals surface area contributed by atoms with Gasteiger partial charge in [0, 0.05) is 11.8 Å². The average Bonchev–Trinajstić information content (AvgIpc) is 3.11. The molecule has 0 fully saturated rings. The third-order valence-corrected chi connectivity index (χ3v) is 3.13. The van der Waals surface area contributed by atoms with Gasteiger partial charge in [0.15, 0.2) is 11.5 Å².